The van der Waals surface area contributed by atoms with E-state index in [-0.39, 0.29) is 0 Å². The van der Waals surface area contributed by atoms with Crippen LogP contribution >= 0.6 is 0 Å². The van der Waals surface area contributed by atoms with Gasteiger partial charge < -0.3 is 0 Å². The van der Waals surface area contributed by atoms with Crippen molar-refractivity contribution in [2.24, 2.45) is 0 Å². The van der Waals surface area contributed by atoms with E-state index in [4.69, 9.17) is 0 Å². The van der Waals surface area contributed by atoms with Crippen molar-refractivity contribution >= 4 is 0 Å². The fraction of sp³-hybridized carbons (Fsp3) is 0.643. The Morgan fingerprint density at radius 2 is 2.06 bits per heavy atom. The van der Waals surface area contributed by atoms with Gasteiger partial charge in [0.1, 0.15) is 0 Å². The van der Waals surface area contributed by atoms with Crippen LogP contribution in [0.15, 0.2) is 24.5 Å². The molecule has 0 saturated carbocycles. The van der Waals surface area contributed by atoms with Gasteiger partial charge in [-0.3, -0.25) is 14.8 Å². The summed E-state index contributed by atoms with van der Waals surface area (Å²) in [6, 6.07) is 4.91. The minimum Gasteiger partial charge on any atom is -0.298 e. The van der Waals surface area contributed by atoms with Gasteiger partial charge in [0, 0.05) is 51.2 Å². The minimum atomic E-state index is 0.732. The van der Waals surface area contributed by atoms with Crippen molar-refractivity contribution in [1.82, 2.24) is 14.8 Å². The van der Waals surface area contributed by atoms with Crippen LogP contribution in [0.4, 0.5) is 0 Å². The molecular formula is C14H23N3. The lowest BCUT2D eigenvalue weighted by molar-refractivity contribution is 0.0963. The van der Waals surface area contributed by atoms with Gasteiger partial charge in [0.25, 0.3) is 0 Å². The standard InChI is InChI=1S/C14H23N3/c1-3-13(2)17-9-7-16(8-10-17)12-14-5-4-6-15-11-14/h4-6,11,13H,3,7-10,12H2,1-2H3. The number of hydrogen-bond acceptors (Lipinski definition) is 3. The number of nitrogens with zero attached hydrogens (tertiary/aromatic N) is 3. The highest BCUT2D eigenvalue weighted by molar-refractivity contribution is 5.08. The third-order valence-electron chi connectivity index (χ3n) is 3.75. The summed E-state index contributed by atoms with van der Waals surface area (Å²) in [6.07, 6.45) is 5.06. The topological polar surface area (TPSA) is 19.4 Å². The molecule has 1 aliphatic heterocycles. The van der Waals surface area contributed by atoms with E-state index in [2.05, 4.69) is 34.7 Å². The van der Waals surface area contributed by atoms with Crippen molar-refractivity contribution in [3.63, 3.8) is 0 Å². The van der Waals surface area contributed by atoms with Gasteiger partial charge in [-0.2, -0.15) is 0 Å². The molecule has 94 valence electrons. The number of hydrogen-bond donors (Lipinski definition) is 0. The van der Waals surface area contributed by atoms with E-state index >= 15 is 0 Å². The van der Waals surface area contributed by atoms with E-state index < -0.39 is 0 Å². The molecule has 1 saturated heterocycles. The van der Waals surface area contributed by atoms with Crippen LogP contribution < -0.4 is 0 Å². The molecule has 0 amide bonds. The van der Waals surface area contributed by atoms with Crippen LogP contribution in [0.1, 0.15) is 25.8 Å². The Bertz CT molecular complexity index is 317. The van der Waals surface area contributed by atoms with Crippen molar-refractivity contribution in [3.8, 4) is 0 Å². The molecular weight excluding hydrogens is 210 g/mol. The predicted octanol–water partition coefficient (Wildman–Crippen LogP) is 2.00. The molecule has 0 spiro atoms. The summed E-state index contributed by atoms with van der Waals surface area (Å²) in [6.45, 7) is 10.4. The first kappa shape index (κ1) is 12.5. The summed E-state index contributed by atoms with van der Waals surface area (Å²) in [7, 11) is 0. The summed E-state index contributed by atoms with van der Waals surface area (Å²) in [5, 5.41) is 0. The summed E-state index contributed by atoms with van der Waals surface area (Å²) < 4.78 is 0. The van der Waals surface area contributed by atoms with Crippen LogP contribution in [-0.4, -0.2) is 47.0 Å². The maximum atomic E-state index is 4.17. The number of pyridine rings is 1. The van der Waals surface area contributed by atoms with Gasteiger partial charge in [0.15, 0.2) is 0 Å². The van der Waals surface area contributed by atoms with Crippen molar-refractivity contribution in [2.75, 3.05) is 26.2 Å². The Kier molecular flexibility index (Phi) is 4.51. The monoisotopic (exact) mass is 233 g/mol. The second kappa shape index (κ2) is 6.12. The van der Waals surface area contributed by atoms with E-state index in [1.165, 1.54) is 38.2 Å². The molecule has 3 nitrogen and oxygen atoms in total. The molecule has 17 heavy (non-hydrogen) atoms. The molecule has 2 rings (SSSR count). The Balaban J connectivity index is 1.80. The highest BCUT2D eigenvalue weighted by Crippen LogP contribution is 2.11. The number of piperazine rings is 1. The average molecular weight is 233 g/mol. The third kappa shape index (κ3) is 3.51. The van der Waals surface area contributed by atoms with Crippen LogP contribution in [-0.2, 0) is 6.54 Å². The normalized spacial score (nSPS) is 20.4. The maximum Gasteiger partial charge on any atom is 0.0312 e. The summed E-state index contributed by atoms with van der Waals surface area (Å²) in [5.74, 6) is 0. The lowest BCUT2D eigenvalue weighted by Crippen LogP contribution is -2.48. The van der Waals surface area contributed by atoms with Gasteiger partial charge in [-0.1, -0.05) is 13.0 Å². The van der Waals surface area contributed by atoms with Crippen molar-refractivity contribution < 1.29 is 0 Å². The summed E-state index contributed by atoms with van der Waals surface area (Å²) >= 11 is 0. The van der Waals surface area contributed by atoms with Gasteiger partial charge in [-0.05, 0) is 25.0 Å². The molecule has 1 aromatic rings. The first-order chi connectivity index (χ1) is 8.29. The Labute approximate surface area is 104 Å². The first-order valence-electron chi connectivity index (χ1n) is 6.65. The predicted molar refractivity (Wildman–Crippen MR) is 70.8 cm³/mol. The third-order valence-corrected chi connectivity index (χ3v) is 3.75. The Morgan fingerprint density at radius 1 is 1.29 bits per heavy atom. The van der Waals surface area contributed by atoms with Crippen molar-refractivity contribution in [3.05, 3.63) is 30.1 Å². The van der Waals surface area contributed by atoms with Gasteiger partial charge in [-0.25, -0.2) is 0 Å². The van der Waals surface area contributed by atoms with Gasteiger partial charge >= 0.3 is 0 Å². The Morgan fingerprint density at radius 3 is 2.65 bits per heavy atom. The molecule has 1 fully saturated rings. The van der Waals surface area contributed by atoms with Gasteiger partial charge in [0.05, 0.1) is 0 Å². The highest BCUT2D eigenvalue weighted by Gasteiger charge is 2.19. The molecule has 1 atom stereocenters. The van der Waals surface area contributed by atoms with E-state index in [9.17, 15) is 0 Å². The van der Waals surface area contributed by atoms with E-state index in [0.29, 0.717) is 0 Å². The second-order valence-electron chi connectivity index (χ2n) is 4.93. The second-order valence-corrected chi connectivity index (χ2v) is 4.93. The zero-order valence-electron chi connectivity index (χ0n) is 11.0. The van der Waals surface area contributed by atoms with Crippen molar-refractivity contribution in [2.45, 2.75) is 32.9 Å². The van der Waals surface area contributed by atoms with Crippen molar-refractivity contribution in [1.29, 1.82) is 0 Å². The zero-order valence-corrected chi connectivity index (χ0v) is 11.0. The molecule has 0 bridgehead atoms. The van der Waals surface area contributed by atoms with Gasteiger partial charge in [-0.15, -0.1) is 0 Å². The van der Waals surface area contributed by atoms with Crippen LogP contribution in [0.25, 0.3) is 0 Å². The zero-order chi connectivity index (χ0) is 12.1. The molecule has 0 aliphatic carbocycles. The van der Waals surface area contributed by atoms with E-state index in [1.54, 1.807) is 0 Å². The quantitative estimate of drug-likeness (QED) is 0.793. The Hall–Kier alpha value is -0.930. The number of aromatic nitrogens is 1. The van der Waals surface area contributed by atoms with Crippen LogP contribution in [0, 0.1) is 0 Å². The SMILES string of the molecule is CCC(C)N1CCN(Cc2cccnc2)CC1. The largest absolute Gasteiger partial charge is 0.298 e. The smallest absolute Gasteiger partial charge is 0.0312 e. The molecule has 0 N–H and O–H groups in total. The van der Waals surface area contributed by atoms with Crippen LogP contribution in [0.2, 0.25) is 0 Å². The fourth-order valence-electron chi connectivity index (χ4n) is 2.37. The minimum absolute atomic E-state index is 0.732. The molecule has 1 aromatic heterocycles. The first-order valence-corrected chi connectivity index (χ1v) is 6.65. The molecule has 0 radical (unpaired) electrons. The summed E-state index contributed by atoms with van der Waals surface area (Å²) in [4.78, 5) is 9.29. The fourth-order valence-corrected chi connectivity index (χ4v) is 2.37. The molecule has 1 aliphatic rings. The number of rotatable bonds is 4. The maximum absolute atomic E-state index is 4.17. The lowest BCUT2D eigenvalue weighted by atomic mass is 10.2. The average Bonchev–Trinajstić information content (AvgIpc) is 2.40. The van der Waals surface area contributed by atoms with Gasteiger partial charge in [0.2, 0.25) is 0 Å². The molecule has 0 aromatic carbocycles. The summed E-state index contributed by atoms with van der Waals surface area (Å²) in [5.41, 5.74) is 1.32. The molecule has 1 unspecified atom stereocenters. The molecule has 3 heteroatoms. The lowest BCUT2D eigenvalue weighted by Gasteiger charge is -2.37. The van der Waals surface area contributed by atoms with E-state index in [1.807, 2.05) is 18.5 Å². The highest BCUT2D eigenvalue weighted by atomic mass is 15.3. The van der Waals surface area contributed by atoms with Crippen LogP contribution in [0.3, 0.4) is 0 Å². The van der Waals surface area contributed by atoms with Crippen LogP contribution in [0.5, 0.6) is 0 Å². The van der Waals surface area contributed by atoms with E-state index in [0.717, 1.165) is 12.6 Å². The molecule has 2 heterocycles.